The number of anilines is 3. The van der Waals surface area contributed by atoms with E-state index >= 15 is 0 Å². The molecular weight excluding hydrogens is 310 g/mol. The van der Waals surface area contributed by atoms with Crippen molar-refractivity contribution in [1.82, 2.24) is 9.97 Å². The molecule has 1 aromatic heterocycles. The molecule has 0 atom stereocenters. The van der Waals surface area contributed by atoms with Crippen LogP contribution in [0.2, 0.25) is 0 Å². The number of nitrogens with one attached hydrogen (secondary N) is 1. The molecule has 0 fully saturated rings. The van der Waals surface area contributed by atoms with E-state index in [2.05, 4.69) is 15.3 Å². The number of amides is 1. The van der Waals surface area contributed by atoms with Gasteiger partial charge in [0.1, 0.15) is 11.5 Å². The maximum atomic E-state index is 11.4. The molecule has 1 amide bonds. The monoisotopic (exact) mass is 331 g/mol. The van der Waals surface area contributed by atoms with Gasteiger partial charge in [0.15, 0.2) is 11.6 Å². The number of carbonyl (C=O) groups is 1. The van der Waals surface area contributed by atoms with Gasteiger partial charge in [-0.1, -0.05) is 13.8 Å². The Hall–Kier alpha value is -3.03. The van der Waals surface area contributed by atoms with Crippen LogP contribution in [0.1, 0.15) is 32.3 Å². The first-order chi connectivity index (χ1) is 11.3. The highest BCUT2D eigenvalue weighted by Crippen LogP contribution is 2.39. The molecule has 8 nitrogen and oxygen atoms in total. The third-order valence-electron chi connectivity index (χ3n) is 3.29. The van der Waals surface area contributed by atoms with Crippen LogP contribution >= 0.6 is 0 Å². The molecule has 0 spiro atoms. The van der Waals surface area contributed by atoms with E-state index in [0.29, 0.717) is 17.2 Å². The summed E-state index contributed by atoms with van der Waals surface area (Å²) in [7, 11) is 1.54. The van der Waals surface area contributed by atoms with Crippen LogP contribution < -0.4 is 26.3 Å². The molecule has 128 valence electrons. The van der Waals surface area contributed by atoms with Crippen LogP contribution in [0.3, 0.4) is 0 Å². The average Bonchev–Trinajstić information content (AvgIpc) is 2.49. The zero-order valence-electron chi connectivity index (χ0n) is 14.1. The number of hydrogen-bond donors (Lipinski definition) is 3. The second kappa shape index (κ2) is 7.03. The van der Waals surface area contributed by atoms with E-state index in [9.17, 15) is 4.79 Å². The van der Waals surface area contributed by atoms with Crippen LogP contribution in [0.5, 0.6) is 17.2 Å². The van der Waals surface area contributed by atoms with Gasteiger partial charge in [-0.2, -0.15) is 4.98 Å². The first-order valence-corrected chi connectivity index (χ1v) is 7.37. The molecule has 8 heteroatoms. The van der Waals surface area contributed by atoms with Crippen LogP contribution in [0.25, 0.3) is 0 Å². The molecular formula is C16H21N5O3. The highest BCUT2D eigenvalue weighted by molar-refractivity contribution is 5.91. The van der Waals surface area contributed by atoms with Crippen molar-refractivity contribution < 1.29 is 14.3 Å². The number of aromatic nitrogens is 2. The molecule has 0 bridgehead atoms. The van der Waals surface area contributed by atoms with Gasteiger partial charge in [0.25, 0.3) is 0 Å². The van der Waals surface area contributed by atoms with E-state index in [-0.39, 0.29) is 29.3 Å². The minimum atomic E-state index is -0.216. The topological polar surface area (TPSA) is 125 Å². The highest BCUT2D eigenvalue weighted by atomic mass is 16.5. The Balaban J connectivity index is 2.51. The lowest BCUT2D eigenvalue weighted by molar-refractivity contribution is -0.114. The standard InChI is InChI=1S/C16H21N5O3/c1-8(2)10-5-13(23-4)11(20-9(3)22)6-12(10)24-14-7-19-16(18)21-15(14)17/h5-8H,1-4H3,(H,20,22)(H4,17,18,19,21). The number of rotatable bonds is 5. The lowest BCUT2D eigenvalue weighted by Gasteiger charge is -2.18. The molecule has 1 aromatic carbocycles. The van der Waals surface area contributed by atoms with Crippen molar-refractivity contribution >= 4 is 23.4 Å². The summed E-state index contributed by atoms with van der Waals surface area (Å²) in [4.78, 5) is 19.2. The van der Waals surface area contributed by atoms with Gasteiger partial charge in [0.2, 0.25) is 11.9 Å². The smallest absolute Gasteiger partial charge is 0.222 e. The number of nitrogens with zero attached hydrogens (tertiary/aromatic N) is 2. The summed E-state index contributed by atoms with van der Waals surface area (Å²) in [5.74, 6) is 1.48. The molecule has 0 unspecified atom stereocenters. The fraction of sp³-hybridized carbons (Fsp3) is 0.312. The van der Waals surface area contributed by atoms with E-state index in [0.717, 1.165) is 5.56 Å². The van der Waals surface area contributed by atoms with Gasteiger partial charge in [-0.3, -0.25) is 4.79 Å². The number of nitrogens with two attached hydrogens (primary N) is 2. The predicted octanol–water partition coefficient (Wildman–Crippen LogP) is 2.52. The van der Waals surface area contributed by atoms with Crippen LogP contribution in [0, 0.1) is 0 Å². The second-order valence-electron chi connectivity index (χ2n) is 5.51. The Labute approximate surface area is 140 Å². The Morgan fingerprint density at radius 1 is 1.21 bits per heavy atom. The number of methoxy groups -OCH3 is 1. The maximum absolute atomic E-state index is 11.4. The fourth-order valence-corrected chi connectivity index (χ4v) is 2.17. The van der Waals surface area contributed by atoms with Crippen LogP contribution in [0.15, 0.2) is 18.3 Å². The molecule has 0 radical (unpaired) electrons. The van der Waals surface area contributed by atoms with Gasteiger partial charge in [0, 0.05) is 18.6 Å². The normalized spacial score (nSPS) is 10.5. The van der Waals surface area contributed by atoms with Gasteiger partial charge >= 0.3 is 0 Å². The average molecular weight is 331 g/mol. The van der Waals surface area contributed by atoms with Crippen molar-refractivity contribution in [3.8, 4) is 17.2 Å². The van der Waals surface area contributed by atoms with Crippen molar-refractivity contribution in [2.24, 2.45) is 0 Å². The second-order valence-corrected chi connectivity index (χ2v) is 5.51. The molecule has 1 heterocycles. The molecule has 0 saturated heterocycles. The van der Waals surface area contributed by atoms with Gasteiger partial charge in [0.05, 0.1) is 19.0 Å². The van der Waals surface area contributed by atoms with Crippen molar-refractivity contribution in [3.63, 3.8) is 0 Å². The number of benzene rings is 1. The largest absolute Gasteiger partial charge is 0.495 e. The van der Waals surface area contributed by atoms with Gasteiger partial charge in [-0.15, -0.1) is 0 Å². The lowest BCUT2D eigenvalue weighted by atomic mass is 10.0. The quantitative estimate of drug-likeness (QED) is 0.768. The zero-order chi connectivity index (χ0) is 17.9. The molecule has 0 aliphatic carbocycles. The summed E-state index contributed by atoms with van der Waals surface area (Å²) < 4.78 is 11.2. The third-order valence-corrected chi connectivity index (χ3v) is 3.29. The SMILES string of the molecule is COc1cc(C(C)C)c(Oc2cnc(N)nc2N)cc1NC(C)=O. The van der Waals surface area contributed by atoms with Crippen LogP contribution in [-0.2, 0) is 4.79 Å². The molecule has 24 heavy (non-hydrogen) atoms. The van der Waals surface area contributed by atoms with E-state index in [1.54, 1.807) is 6.07 Å². The van der Waals surface area contributed by atoms with E-state index < -0.39 is 0 Å². The zero-order valence-corrected chi connectivity index (χ0v) is 14.1. The Bertz CT molecular complexity index is 762. The van der Waals surface area contributed by atoms with Crippen molar-refractivity contribution in [3.05, 3.63) is 23.9 Å². The van der Waals surface area contributed by atoms with Crippen molar-refractivity contribution in [1.29, 1.82) is 0 Å². The van der Waals surface area contributed by atoms with Crippen molar-refractivity contribution in [2.75, 3.05) is 23.9 Å². The molecule has 0 aliphatic rings. The van der Waals surface area contributed by atoms with E-state index in [4.69, 9.17) is 20.9 Å². The lowest BCUT2D eigenvalue weighted by Crippen LogP contribution is -2.09. The molecule has 0 aliphatic heterocycles. The van der Waals surface area contributed by atoms with E-state index in [1.807, 2.05) is 19.9 Å². The molecule has 2 aromatic rings. The summed E-state index contributed by atoms with van der Waals surface area (Å²) in [6, 6.07) is 3.50. The minimum absolute atomic E-state index is 0.0672. The van der Waals surface area contributed by atoms with E-state index in [1.165, 1.54) is 20.2 Å². The first-order valence-electron chi connectivity index (χ1n) is 7.37. The minimum Gasteiger partial charge on any atom is -0.495 e. The van der Waals surface area contributed by atoms with Gasteiger partial charge < -0.3 is 26.3 Å². The Morgan fingerprint density at radius 2 is 1.92 bits per heavy atom. The van der Waals surface area contributed by atoms with Gasteiger partial charge in [-0.05, 0) is 12.0 Å². The Kier molecular flexibility index (Phi) is 5.08. The maximum Gasteiger partial charge on any atom is 0.222 e. The fourth-order valence-electron chi connectivity index (χ4n) is 2.17. The molecule has 5 N–H and O–H groups in total. The highest BCUT2D eigenvalue weighted by Gasteiger charge is 2.17. The third kappa shape index (κ3) is 3.83. The summed E-state index contributed by atoms with van der Waals surface area (Å²) >= 11 is 0. The predicted molar refractivity (Wildman–Crippen MR) is 92.3 cm³/mol. The summed E-state index contributed by atoms with van der Waals surface area (Å²) in [6.45, 7) is 5.45. The number of nitrogen functional groups attached to an aromatic ring is 2. The first kappa shape index (κ1) is 17.3. The summed E-state index contributed by atoms with van der Waals surface area (Å²) in [5.41, 5.74) is 12.7. The van der Waals surface area contributed by atoms with Crippen LogP contribution in [-0.4, -0.2) is 23.0 Å². The Morgan fingerprint density at radius 3 is 2.46 bits per heavy atom. The van der Waals surface area contributed by atoms with Crippen LogP contribution in [0.4, 0.5) is 17.5 Å². The van der Waals surface area contributed by atoms with Gasteiger partial charge in [-0.25, -0.2) is 4.98 Å². The summed E-state index contributed by atoms with van der Waals surface area (Å²) in [6.07, 6.45) is 1.41. The molecule has 2 rings (SSSR count). The van der Waals surface area contributed by atoms with Crippen molar-refractivity contribution in [2.45, 2.75) is 26.7 Å². The summed E-state index contributed by atoms with van der Waals surface area (Å²) in [5, 5.41) is 2.71. The number of ether oxygens (including phenoxy) is 2. The molecule has 0 saturated carbocycles. The number of carbonyl (C=O) groups excluding carboxylic acids is 1. The number of hydrogen-bond acceptors (Lipinski definition) is 7.